The van der Waals surface area contributed by atoms with Crippen LogP contribution in [-0.4, -0.2) is 43.0 Å². The molecule has 0 aromatic heterocycles. The molecular formula is C26H22F2N2O4. The second kappa shape index (κ2) is 9.23. The molecule has 0 radical (unpaired) electrons. The van der Waals surface area contributed by atoms with Crippen molar-refractivity contribution in [3.63, 3.8) is 0 Å². The molecule has 2 amide bonds. The highest BCUT2D eigenvalue weighted by Gasteiger charge is 2.24. The molecule has 0 unspecified atom stereocenters. The number of hydrogen-bond donors (Lipinski definition) is 1. The first-order chi connectivity index (χ1) is 16.5. The number of rotatable bonds is 3. The largest absolute Gasteiger partial charge is 0.488 e. The van der Waals surface area contributed by atoms with E-state index in [2.05, 4.69) is 5.32 Å². The molecule has 0 spiro atoms. The SMILES string of the molecule is O=C1c2ccc(NC(=O)N3CCOCC3)cc2COc2cc(Cc3ccc(F)cc3F)ccc21. The Labute approximate surface area is 195 Å². The summed E-state index contributed by atoms with van der Waals surface area (Å²) in [4.78, 5) is 27.3. The molecule has 2 heterocycles. The van der Waals surface area contributed by atoms with Crippen LogP contribution >= 0.6 is 0 Å². The molecule has 2 aliphatic rings. The van der Waals surface area contributed by atoms with E-state index in [-0.39, 0.29) is 24.8 Å². The number of nitrogens with zero attached hydrogens (tertiary/aromatic N) is 1. The van der Waals surface area contributed by atoms with E-state index >= 15 is 0 Å². The Morgan fingerprint density at radius 3 is 2.56 bits per heavy atom. The Bertz CT molecular complexity index is 1270. The van der Waals surface area contributed by atoms with Crippen molar-refractivity contribution < 1.29 is 27.8 Å². The Balaban J connectivity index is 1.35. The molecular weight excluding hydrogens is 442 g/mol. The van der Waals surface area contributed by atoms with E-state index in [1.54, 1.807) is 41.3 Å². The Morgan fingerprint density at radius 2 is 1.76 bits per heavy atom. The van der Waals surface area contributed by atoms with E-state index in [0.29, 0.717) is 60.0 Å². The van der Waals surface area contributed by atoms with Crippen LogP contribution < -0.4 is 10.1 Å². The number of amides is 2. The van der Waals surface area contributed by atoms with Crippen LogP contribution in [0.4, 0.5) is 19.3 Å². The van der Waals surface area contributed by atoms with E-state index in [1.807, 2.05) is 0 Å². The first kappa shape index (κ1) is 22.0. The summed E-state index contributed by atoms with van der Waals surface area (Å²) in [6, 6.07) is 13.5. The molecule has 0 aliphatic carbocycles. The fourth-order valence-corrected chi connectivity index (χ4v) is 4.15. The van der Waals surface area contributed by atoms with Crippen molar-refractivity contribution in [3.05, 3.63) is 94.0 Å². The number of hydrogen-bond acceptors (Lipinski definition) is 4. The number of halogens is 2. The van der Waals surface area contributed by atoms with Crippen molar-refractivity contribution in [1.29, 1.82) is 0 Å². The second-order valence-corrected chi connectivity index (χ2v) is 8.26. The van der Waals surface area contributed by atoms with Gasteiger partial charge in [0.2, 0.25) is 0 Å². The van der Waals surface area contributed by atoms with Gasteiger partial charge >= 0.3 is 6.03 Å². The Kier molecular flexibility index (Phi) is 5.98. The van der Waals surface area contributed by atoms with E-state index in [4.69, 9.17) is 9.47 Å². The minimum atomic E-state index is -0.629. The lowest BCUT2D eigenvalue weighted by Gasteiger charge is -2.27. The normalized spacial score (nSPS) is 15.1. The highest BCUT2D eigenvalue weighted by Crippen LogP contribution is 2.31. The minimum Gasteiger partial charge on any atom is -0.488 e. The summed E-state index contributed by atoms with van der Waals surface area (Å²) in [5, 5.41) is 2.87. The topological polar surface area (TPSA) is 67.9 Å². The average molecular weight is 464 g/mol. The summed E-state index contributed by atoms with van der Waals surface area (Å²) in [5.74, 6) is -1.03. The third kappa shape index (κ3) is 4.49. The number of nitrogens with one attached hydrogen (secondary N) is 1. The minimum absolute atomic E-state index is 0.143. The first-order valence-corrected chi connectivity index (χ1v) is 11.0. The van der Waals surface area contributed by atoms with Crippen molar-refractivity contribution in [2.24, 2.45) is 0 Å². The van der Waals surface area contributed by atoms with Gasteiger partial charge in [0.25, 0.3) is 0 Å². The highest BCUT2D eigenvalue weighted by molar-refractivity contribution is 6.12. The molecule has 1 fully saturated rings. The maximum atomic E-state index is 14.1. The lowest BCUT2D eigenvalue weighted by atomic mass is 9.96. The van der Waals surface area contributed by atoms with Gasteiger partial charge in [0.1, 0.15) is 24.0 Å². The summed E-state index contributed by atoms with van der Waals surface area (Å²) in [5.41, 5.74) is 3.23. The smallest absolute Gasteiger partial charge is 0.321 e. The van der Waals surface area contributed by atoms with E-state index in [1.165, 1.54) is 12.1 Å². The fraction of sp³-hybridized carbons (Fsp3) is 0.231. The zero-order chi connectivity index (χ0) is 23.7. The van der Waals surface area contributed by atoms with E-state index < -0.39 is 11.6 Å². The number of morpholine rings is 1. The number of benzene rings is 3. The van der Waals surface area contributed by atoms with Crippen molar-refractivity contribution in [3.8, 4) is 5.75 Å². The van der Waals surface area contributed by atoms with Gasteiger partial charge in [-0.2, -0.15) is 0 Å². The summed E-state index contributed by atoms with van der Waals surface area (Å²) in [7, 11) is 0. The number of ether oxygens (including phenoxy) is 2. The van der Waals surface area contributed by atoms with Gasteiger partial charge in [0.05, 0.1) is 18.8 Å². The van der Waals surface area contributed by atoms with Gasteiger partial charge in [0.15, 0.2) is 5.78 Å². The fourth-order valence-electron chi connectivity index (χ4n) is 4.15. The number of carbonyl (C=O) groups is 2. The quantitative estimate of drug-likeness (QED) is 0.618. The molecule has 6 nitrogen and oxygen atoms in total. The van der Waals surface area contributed by atoms with Crippen molar-refractivity contribution in [2.45, 2.75) is 13.0 Å². The molecule has 0 saturated carbocycles. The molecule has 0 bridgehead atoms. The maximum Gasteiger partial charge on any atom is 0.321 e. The Hall–Kier alpha value is -3.78. The van der Waals surface area contributed by atoms with Crippen LogP contribution in [-0.2, 0) is 17.8 Å². The average Bonchev–Trinajstić information content (AvgIpc) is 2.97. The van der Waals surface area contributed by atoms with Gasteiger partial charge in [0, 0.05) is 42.4 Å². The van der Waals surface area contributed by atoms with Crippen LogP contribution in [0.3, 0.4) is 0 Å². The second-order valence-electron chi connectivity index (χ2n) is 8.26. The molecule has 174 valence electrons. The molecule has 0 atom stereocenters. The number of urea groups is 1. The molecule has 3 aromatic rings. The third-order valence-electron chi connectivity index (χ3n) is 5.98. The zero-order valence-electron chi connectivity index (χ0n) is 18.3. The standard InChI is InChI=1S/C26H22F2N2O4/c27-19-3-2-17(23(28)14-19)11-16-1-5-22-24(12-16)34-15-18-13-20(4-6-21(18)25(22)31)29-26(32)30-7-9-33-10-8-30/h1-6,12-14H,7-11,15H2,(H,29,32). The van der Waals surface area contributed by atoms with Crippen LogP contribution in [0.5, 0.6) is 5.75 Å². The third-order valence-corrected chi connectivity index (χ3v) is 5.98. The lowest BCUT2D eigenvalue weighted by molar-refractivity contribution is 0.0564. The summed E-state index contributed by atoms with van der Waals surface area (Å²) < 4.78 is 38.5. The molecule has 1 saturated heterocycles. The van der Waals surface area contributed by atoms with Gasteiger partial charge < -0.3 is 19.7 Å². The molecule has 8 heteroatoms. The van der Waals surface area contributed by atoms with Crippen LogP contribution in [0.15, 0.2) is 54.6 Å². The maximum absolute atomic E-state index is 14.1. The number of fused-ring (bicyclic) bond motifs is 2. The van der Waals surface area contributed by atoms with Gasteiger partial charge in [-0.05, 0) is 47.5 Å². The molecule has 5 rings (SSSR count). The highest BCUT2D eigenvalue weighted by atomic mass is 19.1. The lowest BCUT2D eigenvalue weighted by Crippen LogP contribution is -2.43. The zero-order valence-corrected chi connectivity index (χ0v) is 18.3. The van der Waals surface area contributed by atoms with Crippen molar-refractivity contribution >= 4 is 17.5 Å². The molecule has 34 heavy (non-hydrogen) atoms. The van der Waals surface area contributed by atoms with Crippen molar-refractivity contribution in [1.82, 2.24) is 4.90 Å². The number of carbonyl (C=O) groups excluding carboxylic acids is 2. The van der Waals surface area contributed by atoms with Crippen LogP contribution in [0.1, 0.15) is 32.6 Å². The predicted molar refractivity (Wildman–Crippen MR) is 121 cm³/mol. The van der Waals surface area contributed by atoms with Gasteiger partial charge in [-0.15, -0.1) is 0 Å². The monoisotopic (exact) mass is 464 g/mol. The molecule has 3 aromatic carbocycles. The van der Waals surface area contributed by atoms with E-state index in [9.17, 15) is 18.4 Å². The summed E-state index contributed by atoms with van der Waals surface area (Å²) in [6.45, 7) is 2.21. The Morgan fingerprint density at radius 1 is 0.971 bits per heavy atom. The van der Waals surface area contributed by atoms with Gasteiger partial charge in [-0.25, -0.2) is 13.6 Å². The number of ketones is 1. The van der Waals surface area contributed by atoms with Crippen LogP contribution in [0.25, 0.3) is 0 Å². The molecule has 2 aliphatic heterocycles. The van der Waals surface area contributed by atoms with Crippen LogP contribution in [0.2, 0.25) is 0 Å². The van der Waals surface area contributed by atoms with Gasteiger partial charge in [-0.1, -0.05) is 12.1 Å². The first-order valence-electron chi connectivity index (χ1n) is 11.0. The van der Waals surface area contributed by atoms with Gasteiger partial charge in [-0.3, -0.25) is 4.79 Å². The van der Waals surface area contributed by atoms with Crippen LogP contribution in [0, 0.1) is 11.6 Å². The summed E-state index contributed by atoms with van der Waals surface area (Å²) >= 11 is 0. The number of anilines is 1. The van der Waals surface area contributed by atoms with E-state index in [0.717, 1.165) is 11.6 Å². The van der Waals surface area contributed by atoms with Crippen molar-refractivity contribution in [2.75, 3.05) is 31.6 Å². The molecule has 1 N–H and O–H groups in total. The summed E-state index contributed by atoms with van der Waals surface area (Å²) in [6.07, 6.45) is 0.238. The predicted octanol–water partition coefficient (Wildman–Crippen LogP) is 4.54.